The van der Waals surface area contributed by atoms with Crippen molar-refractivity contribution in [2.45, 2.75) is 5.88 Å². The Morgan fingerprint density at radius 2 is 2.31 bits per heavy atom. The van der Waals surface area contributed by atoms with Crippen LogP contribution in [0.1, 0.15) is 5.82 Å². The predicted molar refractivity (Wildman–Crippen MR) is 58.3 cm³/mol. The molecule has 2 rings (SSSR count). The van der Waals surface area contributed by atoms with Gasteiger partial charge in [0.15, 0.2) is 0 Å². The van der Waals surface area contributed by atoms with Gasteiger partial charge in [0.25, 0.3) is 0 Å². The van der Waals surface area contributed by atoms with E-state index in [1.54, 1.807) is 6.07 Å². The van der Waals surface area contributed by atoms with Crippen LogP contribution in [0.2, 0.25) is 0 Å². The third-order valence-electron chi connectivity index (χ3n) is 1.72. The molecule has 0 saturated carbocycles. The minimum absolute atomic E-state index is 0.249. The Morgan fingerprint density at radius 1 is 1.54 bits per heavy atom. The number of nitrogens with one attached hydrogen (secondary N) is 1. The molecule has 0 aliphatic rings. The molecule has 0 spiro atoms. The molecule has 1 aromatic heterocycles. The Morgan fingerprint density at radius 3 is 3.00 bits per heavy atom. The lowest BCUT2D eigenvalue weighted by Gasteiger charge is -1.93. The van der Waals surface area contributed by atoms with Crippen molar-refractivity contribution in [3.05, 3.63) is 27.3 Å². The Hall–Kier alpha value is -0.360. The van der Waals surface area contributed by atoms with Gasteiger partial charge in [0, 0.05) is 0 Å². The standard InChI is InChI=1S/C8H5ClFIN2/c9-3-6-12-5-2-1-4(10)7(11)8(5)13-6/h1-2H,3H2,(H,12,13). The van der Waals surface area contributed by atoms with E-state index in [0.717, 1.165) is 5.52 Å². The van der Waals surface area contributed by atoms with Crippen molar-refractivity contribution >= 4 is 45.2 Å². The average molecular weight is 310 g/mol. The molecule has 0 aliphatic carbocycles. The summed E-state index contributed by atoms with van der Waals surface area (Å²) in [7, 11) is 0. The summed E-state index contributed by atoms with van der Waals surface area (Å²) in [6.45, 7) is 0. The van der Waals surface area contributed by atoms with Crippen LogP contribution in [0.3, 0.4) is 0 Å². The first-order valence-electron chi connectivity index (χ1n) is 3.61. The third kappa shape index (κ3) is 1.52. The van der Waals surface area contributed by atoms with Crippen molar-refractivity contribution < 1.29 is 4.39 Å². The quantitative estimate of drug-likeness (QED) is 0.636. The molecule has 0 saturated heterocycles. The second-order valence-corrected chi connectivity index (χ2v) is 3.92. The molecule has 0 aliphatic heterocycles. The van der Waals surface area contributed by atoms with Gasteiger partial charge in [0.1, 0.15) is 17.2 Å². The van der Waals surface area contributed by atoms with E-state index in [1.165, 1.54) is 6.07 Å². The minimum Gasteiger partial charge on any atom is -0.341 e. The first-order chi connectivity index (χ1) is 6.22. The summed E-state index contributed by atoms with van der Waals surface area (Å²) in [6, 6.07) is 3.08. The van der Waals surface area contributed by atoms with E-state index in [-0.39, 0.29) is 5.82 Å². The van der Waals surface area contributed by atoms with Gasteiger partial charge in [-0.1, -0.05) is 0 Å². The minimum atomic E-state index is -0.249. The summed E-state index contributed by atoms with van der Waals surface area (Å²) in [5.74, 6) is 0.729. The van der Waals surface area contributed by atoms with E-state index in [1.807, 2.05) is 22.6 Å². The summed E-state index contributed by atoms with van der Waals surface area (Å²) in [5.41, 5.74) is 1.47. The first kappa shape index (κ1) is 9.21. The van der Waals surface area contributed by atoms with Crippen LogP contribution in [0.15, 0.2) is 12.1 Å². The van der Waals surface area contributed by atoms with Gasteiger partial charge in [-0.2, -0.15) is 0 Å². The monoisotopic (exact) mass is 310 g/mol. The Labute approximate surface area is 92.6 Å². The van der Waals surface area contributed by atoms with E-state index in [2.05, 4.69) is 9.97 Å². The van der Waals surface area contributed by atoms with E-state index in [4.69, 9.17) is 11.6 Å². The number of aromatic amines is 1. The van der Waals surface area contributed by atoms with Crippen LogP contribution in [-0.2, 0) is 5.88 Å². The summed E-state index contributed by atoms with van der Waals surface area (Å²) >= 11 is 7.53. The zero-order chi connectivity index (χ0) is 9.42. The third-order valence-corrected chi connectivity index (χ3v) is 3.00. The van der Waals surface area contributed by atoms with Gasteiger partial charge in [-0.05, 0) is 34.7 Å². The number of nitrogens with zero attached hydrogens (tertiary/aromatic N) is 1. The Bertz CT molecular complexity index is 455. The van der Waals surface area contributed by atoms with Gasteiger partial charge in [0.05, 0.1) is 15.0 Å². The van der Waals surface area contributed by atoms with Gasteiger partial charge in [-0.3, -0.25) is 0 Å². The molecule has 0 amide bonds. The zero-order valence-electron chi connectivity index (χ0n) is 6.44. The fraction of sp³-hybridized carbons (Fsp3) is 0.125. The van der Waals surface area contributed by atoms with Gasteiger partial charge in [0.2, 0.25) is 0 Å². The van der Waals surface area contributed by atoms with Crippen molar-refractivity contribution in [2.75, 3.05) is 0 Å². The van der Waals surface area contributed by atoms with Crippen molar-refractivity contribution in [2.24, 2.45) is 0 Å². The molecule has 13 heavy (non-hydrogen) atoms. The largest absolute Gasteiger partial charge is 0.341 e. The smallest absolute Gasteiger partial charge is 0.138 e. The molecular weight excluding hydrogens is 305 g/mol. The number of aromatic nitrogens is 2. The molecule has 1 aromatic carbocycles. The summed E-state index contributed by atoms with van der Waals surface area (Å²) in [6.07, 6.45) is 0. The molecule has 0 fully saturated rings. The van der Waals surface area contributed by atoms with Crippen molar-refractivity contribution in [3.8, 4) is 0 Å². The predicted octanol–water partition coefficient (Wildman–Crippen LogP) is 3.05. The number of rotatable bonds is 1. The van der Waals surface area contributed by atoms with Crippen LogP contribution in [0, 0.1) is 9.39 Å². The molecule has 0 atom stereocenters. The van der Waals surface area contributed by atoms with Gasteiger partial charge in [-0.15, -0.1) is 11.6 Å². The van der Waals surface area contributed by atoms with Crippen LogP contribution < -0.4 is 0 Å². The molecule has 0 bridgehead atoms. The Balaban J connectivity index is 2.76. The molecule has 1 heterocycles. The molecular formula is C8H5ClFIN2. The topological polar surface area (TPSA) is 28.7 Å². The lowest BCUT2D eigenvalue weighted by Crippen LogP contribution is -1.82. The number of hydrogen-bond donors (Lipinski definition) is 1. The van der Waals surface area contributed by atoms with Crippen LogP contribution in [-0.4, -0.2) is 9.97 Å². The van der Waals surface area contributed by atoms with E-state index < -0.39 is 0 Å². The second-order valence-electron chi connectivity index (χ2n) is 2.57. The molecule has 5 heteroatoms. The van der Waals surface area contributed by atoms with Crippen LogP contribution >= 0.6 is 34.2 Å². The molecule has 68 valence electrons. The highest BCUT2D eigenvalue weighted by molar-refractivity contribution is 14.1. The molecule has 0 unspecified atom stereocenters. The average Bonchev–Trinajstić information content (AvgIpc) is 2.55. The second kappa shape index (κ2) is 3.42. The molecule has 1 N–H and O–H groups in total. The lowest BCUT2D eigenvalue weighted by molar-refractivity contribution is 0.622. The van der Waals surface area contributed by atoms with Crippen molar-refractivity contribution in [1.82, 2.24) is 9.97 Å². The van der Waals surface area contributed by atoms with Crippen LogP contribution in [0.25, 0.3) is 11.0 Å². The van der Waals surface area contributed by atoms with Crippen molar-refractivity contribution in [3.63, 3.8) is 0 Å². The number of halogens is 3. The van der Waals surface area contributed by atoms with Crippen LogP contribution in [0.5, 0.6) is 0 Å². The van der Waals surface area contributed by atoms with Crippen molar-refractivity contribution in [1.29, 1.82) is 0 Å². The number of benzene rings is 1. The molecule has 2 aromatic rings. The van der Waals surface area contributed by atoms with Gasteiger partial charge in [-0.25, -0.2) is 9.37 Å². The highest BCUT2D eigenvalue weighted by atomic mass is 127. The van der Waals surface area contributed by atoms with E-state index in [9.17, 15) is 4.39 Å². The number of hydrogen-bond acceptors (Lipinski definition) is 1. The highest BCUT2D eigenvalue weighted by Gasteiger charge is 2.08. The fourth-order valence-electron chi connectivity index (χ4n) is 1.13. The first-order valence-corrected chi connectivity index (χ1v) is 5.22. The zero-order valence-corrected chi connectivity index (χ0v) is 9.36. The number of alkyl halides is 1. The van der Waals surface area contributed by atoms with Gasteiger partial charge < -0.3 is 4.98 Å². The summed E-state index contributed by atoms with van der Waals surface area (Å²) in [4.78, 5) is 7.16. The van der Waals surface area contributed by atoms with Gasteiger partial charge >= 0.3 is 0 Å². The summed E-state index contributed by atoms with van der Waals surface area (Å²) in [5, 5.41) is 0. The van der Waals surface area contributed by atoms with Crippen LogP contribution in [0.4, 0.5) is 4.39 Å². The normalized spacial score (nSPS) is 11.0. The SMILES string of the molecule is Fc1ccc2[nH]c(CCl)nc2c1I. The number of imidazole rings is 1. The maximum Gasteiger partial charge on any atom is 0.138 e. The lowest BCUT2D eigenvalue weighted by atomic mass is 10.3. The Kier molecular flexibility index (Phi) is 2.42. The molecule has 2 nitrogen and oxygen atoms in total. The van der Waals surface area contributed by atoms with E-state index in [0.29, 0.717) is 20.8 Å². The maximum absolute atomic E-state index is 13.1. The number of fused-ring (bicyclic) bond motifs is 1. The fourth-order valence-corrected chi connectivity index (χ4v) is 1.85. The van der Waals surface area contributed by atoms with E-state index >= 15 is 0 Å². The highest BCUT2D eigenvalue weighted by Crippen LogP contribution is 2.21. The maximum atomic E-state index is 13.1. The molecule has 0 radical (unpaired) electrons. The summed E-state index contributed by atoms with van der Waals surface area (Å²) < 4.78 is 13.6. The number of H-pyrrole nitrogens is 1.